The monoisotopic (exact) mass is 245 g/mol. The van der Waals surface area contributed by atoms with Gasteiger partial charge < -0.3 is 5.32 Å². The van der Waals surface area contributed by atoms with E-state index in [4.69, 9.17) is 5.84 Å². The molecule has 16 heavy (non-hydrogen) atoms. The quantitative estimate of drug-likeness (QED) is 0.564. The molecule has 86 valence electrons. The van der Waals surface area contributed by atoms with Crippen molar-refractivity contribution in [2.45, 2.75) is 6.43 Å². The smallest absolute Gasteiger partial charge is 0.255 e. The Morgan fingerprint density at radius 1 is 1.44 bits per heavy atom. The number of hydrogen-bond donors (Lipinski definition) is 3. The fraction of sp³-hybridized carbons (Fsp3) is 0.250. The van der Waals surface area contributed by atoms with E-state index in [9.17, 15) is 8.78 Å². The van der Waals surface area contributed by atoms with E-state index in [1.54, 1.807) is 6.07 Å². The first-order chi connectivity index (χ1) is 7.70. The van der Waals surface area contributed by atoms with E-state index in [1.807, 2.05) is 5.38 Å². The van der Waals surface area contributed by atoms with Crippen molar-refractivity contribution in [2.24, 2.45) is 5.84 Å². The van der Waals surface area contributed by atoms with Crippen molar-refractivity contribution in [3.63, 3.8) is 0 Å². The van der Waals surface area contributed by atoms with Crippen molar-refractivity contribution in [3.05, 3.63) is 11.4 Å². The Morgan fingerprint density at radius 2 is 2.25 bits per heavy atom. The summed E-state index contributed by atoms with van der Waals surface area (Å²) in [5.74, 6) is 5.75. The van der Waals surface area contributed by atoms with Gasteiger partial charge in [-0.2, -0.15) is 4.98 Å². The standard InChI is InChI=1S/C8H9F2N5S/c9-5(10)3-12-6-4-1-2-16-7(4)14-8(13-6)15-11/h1-2,5H,3,11H2,(H2,12,13,14,15). The summed E-state index contributed by atoms with van der Waals surface area (Å²) < 4.78 is 24.2. The molecule has 5 nitrogen and oxygen atoms in total. The molecule has 0 atom stereocenters. The van der Waals surface area contributed by atoms with Crippen LogP contribution < -0.4 is 16.6 Å². The summed E-state index contributed by atoms with van der Waals surface area (Å²) >= 11 is 1.39. The number of halogens is 2. The van der Waals surface area contributed by atoms with E-state index in [2.05, 4.69) is 20.7 Å². The molecule has 0 aliphatic rings. The Morgan fingerprint density at radius 3 is 2.94 bits per heavy atom. The van der Waals surface area contributed by atoms with Gasteiger partial charge in [0.05, 0.1) is 11.9 Å². The number of alkyl halides is 2. The maximum absolute atomic E-state index is 12.1. The number of hydrazine groups is 1. The maximum Gasteiger partial charge on any atom is 0.255 e. The number of nitrogens with two attached hydrogens (primary N) is 1. The van der Waals surface area contributed by atoms with Gasteiger partial charge in [-0.25, -0.2) is 19.6 Å². The lowest BCUT2D eigenvalue weighted by Crippen LogP contribution is -2.14. The molecule has 2 aromatic heterocycles. The average Bonchev–Trinajstić information content (AvgIpc) is 2.73. The first kappa shape index (κ1) is 11.0. The molecule has 0 radical (unpaired) electrons. The van der Waals surface area contributed by atoms with E-state index in [1.165, 1.54) is 11.3 Å². The van der Waals surface area contributed by atoms with Crippen LogP contribution in [0, 0.1) is 0 Å². The minimum atomic E-state index is -2.43. The van der Waals surface area contributed by atoms with Crippen molar-refractivity contribution in [2.75, 3.05) is 17.3 Å². The second-order valence-electron chi connectivity index (χ2n) is 2.95. The molecule has 0 aliphatic carbocycles. The minimum Gasteiger partial charge on any atom is -0.364 e. The molecule has 0 aliphatic heterocycles. The molecular formula is C8H9F2N5S. The molecule has 0 saturated carbocycles. The second kappa shape index (κ2) is 4.54. The van der Waals surface area contributed by atoms with E-state index in [0.717, 1.165) is 0 Å². The summed E-state index contributed by atoms with van der Waals surface area (Å²) in [5, 5.41) is 5.08. The fourth-order valence-corrected chi connectivity index (χ4v) is 1.99. The molecule has 0 fully saturated rings. The van der Waals surface area contributed by atoms with Crippen LogP contribution in [0.2, 0.25) is 0 Å². The molecule has 0 bridgehead atoms. The van der Waals surface area contributed by atoms with E-state index in [-0.39, 0.29) is 5.95 Å². The van der Waals surface area contributed by atoms with Crippen molar-refractivity contribution in [1.29, 1.82) is 0 Å². The third-order valence-electron chi connectivity index (χ3n) is 1.88. The van der Waals surface area contributed by atoms with Crippen molar-refractivity contribution >= 4 is 33.3 Å². The number of anilines is 2. The minimum absolute atomic E-state index is 0.201. The number of nitrogen functional groups attached to an aromatic ring is 1. The van der Waals surface area contributed by atoms with Crippen LogP contribution in [0.5, 0.6) is 0 Å². The topological polar surface area (TPSA) is 75.9 Å². The van der Waals surface area contributed by atoms with Gasteiger partial charge in [-0.3, -0.25) is 5.43 Å². The van der Waals surface area contributed by atoms with Crippen LogP contribution in [0.1, 0.15) is 0 Å². The molecule has 8 heteroatoms. The van der Waals surface area contributed by atoms with Crippen LogP contribution in [0.15, 0.2) is 11.4 Å². The third kappa shape index (κ3) is 2.17. The van der Waals surface area contributed by atoms with Crippen LogP contribution in [0.4, 0.5) is 20.5 Å². The van der Waals surface area contributed by atoms with Gasteiger partial charge >= 0.3 is 0 Å². The summed E-state index contributed by atoms with van der Waals surface area (Å²) in [4.78, 5) is 8.76. The molecule has 0 aromatic carbocycles. The molecule has 0 amide bonds. The highest BCUT2D eigenvalue weighted by Gasteiger charge is 2.10. The zero-order chi connectivity index (χ0) is 11.5. The van der Waals surface area contributed by atoms with Gasteiger partial charge in [-0.15, -0.1) is 11.3 Å². The maximum atomic E-state index is 12.1. The highest BCUT2D eigenvalue weighted by atomic mass is 32.1. The van der Waals surface area contributed by atoms with E-state index in [0.29, 0.717) is 16.0 Å². The van der Waals surface area contributed by atoms with Crippen LogP contribution in [-0.4, -0.2) is 22.9 Å². The van der Waals surface area contributed by atoms with E-state index < -0.39 is 13.0 Å². The molecule has 0 unspecified atom stereocenters. The van der Waals surface area contributed by atoms with Gasteiger partial charge in [0.1, 0.15) is 10.6 Å². The second-order valence-corrected chi connectivity index (χ2v) is 3.85. The van der Waals surface area contributed by atoms with Gasteiger partial charge in [0.15, 0.2) is 0 Å². The average molecular weight is 245 g/mol. The summed E-state index contributed by atoms with van der Waals surface area (Å²) in [6, 6.07) is 1.77. The van der Waals surface area contributed by atoms with Gasteiger partial charge in [0.2, 0.25) is 5.95 Å². The molecule has 0 spiro atoms. The number of nitrogens with zero attached hydrogens (tertiary/aromatic N) is 2. The lowest BCUT2D eigenvalue weighted by atomic mass is 10.4. The number of thiophene rings is 1. The molecule has 0 saturated heterocycles. The first-order valence-electron chi connectivity index (χ1n) is 4.44. The summed E-state index contributed by atoms with van der Waals surface area (Å²) in [5.41, 5.74) is 2.29. The Hall–Kier alpha value is -1.54. The molecule has 4 N–H and O–H groups in total. The van der Waals surface area contributed by atoms with Crippen LogP contribution in [-0.2, 0) is 0 Å². The Balaban J connectivity index is 2.36. The third-order valence-corrected chi connectivity index (χ3v) is 2.68. The highest BCUT2D eigenvalue weighted by Crippen LogP contribution is 2.26. The largest absolute Gasteiger partial charge is 0.364 e. The number of aromatic nitrogens is 2. The van der Waals surface area contributed by atoms with Crippen molar-refractivity contribution in [3.8, 4) is 0 Å². The van der Waals surface area contributed by atoms with Crippen LogP contribution in [0.25, 0.3) is 10.2 Å². The number of hydrogen-bond acceptors (Lipinski definition) is 6. The van der Waals surface area contributed by atoms with Crippen LogP contribution >= 0.6 is 11.3 Å². The summed E-state index contributed by atoms with van der Waals surface area (Å²) in [6.45, 7) is -0.452. The predicted octanol–water partition coefficient (Wildman–Crippen LogP) is 1.65. The SMILES string of the molecule is NNc1nc(NCC(F)F)c2ccsc2n1. The zero-order valence-corrected chi connectivity index (χ0v) is 8.89. The van der Waals surface area contributed by atoms with Gasteiger partial charge in [0.25, 0.3) is 6.43 Å². The normalized spacial score (nSPS) is 11.0. The lowest BCUT2D eigenvalue weighted by molar-refractivity contribution is 0.163. The lowest BCUT2D eigenvalue weighted by Gasteiger charge is -2.07. The molecule has 2 rings (SSSR count). The van der Waals surface area contributed by atoms with Crippen LogP contribution in [0.3, 0.4) is 0 Å². The van der Waals surface area contributed by atoms with Crippen molar-refractivity contribution in [1.82, 2.24) is 9.97 Å². The van der Waals surface area contributed by atoms with E-state index >= 15 is 0 Å². The zero-order valence-electron chi connectivity index (χ0n) is 8.08. The Bertz CT molecular complexity index is 486. The summed E-state index contributed by atoms with van der Waals surface area (Å²) in [6.07, 6.45) is -2.43. The summed E-state index contributed by atoms with van der Waals surface area (Å²) in [7, 11) is 0. The van der Waals surface area contributed by atoms with Gasteiger partial charge in [-0.1, -0.05) is 0 Å². The Labute approximate surface area is 93.7 Å². The predicted molar refractivity (Wildman–Crippen MR) is 59.7 cm³/mol. The van der Waals surface area contributed by atoms with Gasteiger partial charge in [0, 0.05) is 0 Å². The number of fused-ring (bicyclic) bond motifs is 1. The first-order valence-corrected chi connectivity index (χ1v) is 5.32. The fourth-order valence-electron chi connectivity index (χ4n) is 1.23. The Kier molecular flexibility index (Phi) is 3.11. The number of rotatable bonds is 4. The molecular weight excluding hydrogens is 236 g/mol. The molecule has 2 heterocycles. The molecule has 2 aromatic rings. The van der Waals surface area contributed by atoms with Gasteiger partial charge in [-0.05, 0) is 11.4 Å². The highest BCUT2D eigenvalue weighted by molar-refractivity contribution is 7.16. The van der Waals surface area contributed by atoms with Crippen molar-refractivity contribution < 1.29 is 8.78 Å². The number of nitrogens with one attached hydrogen (secondary N) is 2.